The van der Waals surface area contributed by atoms with E-state index < -0.39 is 0 Å². The zero-order chi connectivity index (χ0) is 18.6. The average Bonchev–Trinajstić information content (AvgIpc) is 2.69. The van der Waals surface area contributed by atoms with Gasteiger partial charge in [-0.25, -0.2) is 0 Å². The van der Waals surface area contributed by atoms with Crippen molar-refractivity contribution in [3.63, 3.8) is 0 Å². The van der Waals surface area contributed by atoms with Gasteiger partial charge in [-0.15, -0.1) is 0 Å². The van der Waals surface area contributed by atoms with Gasteiger partial charge in [-0.3, -0.25) is 4.79 Å². The minimum Gasteiger partial charge on any atom is -0.304 e. The van der Waals surface area contributed by atoms with Gasteiger partial charge in [-0.1, -0.05) is 88.1 Å². The van der Waals surface area contributed by atoms with Gasteiger partial charge < -0.3 is 4.90 Å². The smallest absolute Gasteiger partial charge is 0.250 e. The highest BCUT2D eigenvalue weighted by atomic mass is 16.2. The van der Waals surface area contributed by atoms with Crippen molar-refractivity contribution in [1.29, 1.82) is 0 Å². The zero-order valence-corrected chi connectivity index (χ0v) is 16.0. The highest BCUT2D eigenvalue weighted by Gasteiger charge is 2.13. The second-order valence-electron chi connectivity index (χ2n) is 6.80. The highest BCUT2D eigenvalue weighted by molar-refractivity contribution is 6.00. The first-order valence-electron chi connectivity index (χ1n) is 9.81. The molecule has 0 spiro atoms. The lowest BCUT2D eigenvalue weighted by Gasteiger charge is -2.22. The Balaban J connectivity index is 1.94. The lowest BCUT2D eigenvalue weighted by Crippen LogP contribution is -2.28. The number of aryl methyl sites for hydroxylation is 1. The molecule has 0 saturated heterocycles. The molecule has 1 amide bonds. The lowest BCUT2D eigenvalue weighted by molar-refractivity contribution is -0.114. The zero-order valence-electron chi connectivity index (χ0n) is 16.0. The van der Waals surface area contributed by atoms with Gasteiger partial charge in [0.25, 0.3) is 5.91 Å². The van der Waals surface area contributed by atoms with E-state index in [0.717, 1.165) is 17.7 Å². The molecular formula is C24H31NO. The van der Waals surface area contributed by atoms with Crippen LogP contribution in [0.1, 0.15) is 56.6 Å². The van der Waals surface area contributed by atoms with Gasteiger partial charge in [-0.2, -0.15) is 0 Å². The van der Waals surface area contributed by atoms with Crippen LogP contribution in [0.5, 0.6) is 0 Å². The fraction of sp³-hybridized carbons (Fsp3) is 0.375. The number of hydrogen-bond acceptors (Lipinski definition) is 1. The van der Waals surface area contributed by atoms with Crippen molar-refractivity contribution in [2.75, 3.05) is 4.90 Å². The Labute approximate surface area is 158 Å². The van der Waals surface area contributed by atoms with E-state index in [4.69, 9.17) is 0 Å². The minimum absolute atomic E-state index is 0.0717. The standard InChI is InChI=1S/C24H31NO/c1-3-5-6-7-8-10-13-21-16-18-23(19-17-21)25(24(26)4-2)20-22-14-11-9-12-15-22/h4,9,11-12,14-19H,2-3,5-8,10,13,20H2,1H3. The van der Waals surface area contributed by atoms with Crippen LogP contribution in [0, 0.1) is 0 Å². The van der Waals surface area contributed by atoms with E-state index in [1.165, 1.54) is 50.2 Å². The molecule has 2 aromatic rings. The van der Waals surface area contributed by atoms with E-state index in [0.29, 0.717) is 6.54 Å². The van der Waals surface area contributed by atoms with Crippen molar-refractivity contribution in [3.05, 3.63) is 78.4 Å². The summed E-state index contributed by atoms with van der Waals surface area (Å²) in [6.07, 6.45) is 10.4. The van der Waals surface area contributed by atoms with E-state index in [1.807, 2.05) is 30.3 Å². The summed E-state index contributed by atoms with van der Waals surface area (Å²) in [4.78, 5) is 14.1. The fourth-order valence-corrected chi connectivity index (χ4v) is 3.12. The molecular weight excluding hydrogens is 318 g/mol. The molecule has 0 aliphatic carbocycles. The number of carbonyl (C=O) groups is 1. The Bertz CT molecular complexity index is 660. The van der Waals surface area contributed by atoms with E-state index >= 15 is 0 Å². The average molecular weight is 350 g/mol. The van der Waals surface area contributed by atoms with Crippen LogP contribution in [0.3, 0.4) is 0 Å². The Morgan fingerprint density at radius 1 is 0.885 bits per heavy atom. The number of hydrogen-bond donors (Lipinski definition) is 0. The van der Waals surface area contributed by atoms with Crippen LogP contribution in [-0.4, -0.2) is 5.91 Å². The van der Waals surface area contributed by atoms with Gasteiger partial charge in [0.1, 0.15) is 0 Å². The SMILES string of the molecule is C=CC(=O)N(Cc1ccccc1)c1ccc(CCCCCCCC)cc1. The second kappa shape index (κ2) is 11.3. The molecule has 0 atom stereocenters. The molecule has 0 unspecified atom stereocenters. The third kappa shape index (κ3) is 6.51. The second-order valence-corrected chi connectivity index (χ2v) is 6.80. The molecule has 2 aromatic carbocycles. The summed E-state index contributed by atoms with van der Waals surface area (Å²) < 4.78 is 0. The summed E-state index contributed by atoms with van der Waals surface area (Å²) >= 11 is 0. The van der Waals surface area contributed by atoms with Crippen molar-refractivity contribution in [3.8, 4) is 0 Å². The first-order chi connectivity index (χ1) is 12.7. The van der Waals surface area contributed by atoms with Gasteiger partial charge in [0.15, 0.2) is 0 Å². The van der Waals surface area contributed by atoms with Crippen LogP contribution in [0.4, 0.5) is 5.69 Å². The first-order valence-corrected chi connectivity index (χ1v) is 9.81. The molecule has 0 aliphatic rings. The Morgan fingerprint density at radius 3 is 2.19 bits per heavy atom. The maximum absolute atomic E-state index is 12.3. The van der Waals surface area contributed by atoms with Crippen LogP contribution >= 0.6 is 0 Å². The largest absolute Gasteiger partial charge is 0.304 e. The quantitative estimate of drug-likeness (QED) is 0.344. The maximum Gasteiger partial charge on any atom is 0.250 e. The van der Waals surface area contributed by atoms with Crippen molar-refractivity contribution in [2.45, 2.75) is 58.4 Å². The van der Waals surface area contributed by atoms with E-state index in [-0.39, 0.29) is 5.91 Å². The molecule has 0 saturated carbocycles. The van der Waals surface area contributed by atoms with E-state index in [2.05, 4.69) is 37.8 Å². The van der Waals surface area contributed by atoms with Crippen LogP contribution in [-0.2, 0) is 17.8 Å². The van der Waals surface area contributed by atoms with Gasteiger partial charge in [0.2, 0.25) is 0 Å². The normalized spacial score (nSPS) is 10.5. The van der Waals surface area contributed by atoms with Crippen molar-refractivity contribution >= 4 is 11.6 Å². The summed E-state index contributed by atoms with van der Waals surface area (Å²) in [5.41, 5.74) is 3.37. The minimum atomic E-state index is -0.0717. The monoisotopic (exact) mass is 349 g/mol. The number of nitrogens with zero attached hydrogens (tertiary/aromatic N) is 1. The topological polar surface area (TPSA) is 20.3 Å². The number of unbranched alkanes of at least 4 members (excludes halogenated alkanes) is 5. The van der Waals surface area contributed by atoms with Crippen molar-refractivity contribution in [1.82, 2.24) is 0 Å². The predicted octanol–water partition coefficient (Wildman–Crippen LogP) is 6.31. The molecule has 0 aromatic heterocycles. The Morgan fingerprint density at radius 2 is 1.54 bits per heavy atom. The molecule has 0 radical (unpaired) electrons. The van der Waals surface area contributed by atoms with Gasteiger partial charge in [0, 0.05) is 5.69 Å². The Hall–Kier alpha value is -2.35. The lowest BCUT2D eigenvalue weighted by atomic mass is 10.0. The first kappa shape index (κ1) is 20.0. The molecule has 0 bridgehead atoms. The fourth-order valence-electron chi connectivity index (χ4n) is 3.12. The molecule has 0 aliphatic heterocycles. The summed E-state index contributed by atoms with van der Waals surface area (Å²) in [6, 6.07) is 18.5. The number of carbonyl (C=O) groups excluding carboxylic acids is 1. The van der Waals surface area contributed by atoms with Crippen LogP contribution in [0.15, 0.2) is 67.3 Å². The van der Waals surface area contributed by atoms with Gasteiger partial charge >= 0.3 is 0 Å². The highest BCUT2D eigenvalue weighted by Crippen LogP contribution is 2.20. The maximum atomic E-state index is 12.3. The number of benzene rings is 2. The molecule has 2 rings (SSSR count). The third-order valence-electron chi connectivity index (χ3n) is 4.69. The molecule has 138 valence electrons. The van der Waals surface area contributed by atoms with Crippen molar-refractivity contribution < 1.29 is 4.79 Å². The van der Waals surface area contributed by atoms with E-state index in [1.54, 1.807) is 4.90 Å². The van der Waals surface area contributed by atoms with Crippen LogP contribution in [0.25, 0.3) is 0 Å². The Kier molecular flexibility index (Phi) is 8.68. The van der Waals surface area contributed by atoms with Gasteiger partial charge in [0.05, 0.1) is 6.54 Å². The predicted molar refractivity (Wildman–Crippen MR) is 111 cm³/mol. The third-order valence-corrected chi connectivity index (χ3v) is 4.69. The summed E-state index contributed by atoms with van der Waals surface area (Å²) in [7, 11) is 0. The molecule has 2 heteroatoms. The number of rotatable bonds is 11. The summed E-state index contributed by atoms with van der Waals surface area (Å²) in [6.45, 7) is 6.45. The molecule has 26 heavy (non-hydrogen) atoms. The molecule has 2 nitrogen and oxygen atoms in total. The summed E-state index contributed by atoms with van der Waals surface area (Å²) in [5, 5.41) is 0. The summed E-state index contributed by atoms with van der Waals surface area (Å²) in [5.74, 6) is -0.0717. The van der Waals surface area contributed by atoms with Crippen molar-refractivity contribution in [2.24, 2.45) is 0 Å². The number of amides is 1. The van der Waals surface area contributed by atoms with Gasteiger partial charge in [-0.05, 0) is 42.2 Å². The molecule has 0 heterocycles. The number of anilines is 1. The molecule has 0 fully saturated rings. The molecule has 0 N–H and O–H groups in total. The van der Waals surface area contributed by atoms with Crippen LogP contribution < -0.4 is 4.90 Å². The van der Waals surface area contributed by atoms with E-state index in [9.17, 15) is 4.79 Å². The van der Waals surface area contributed by atoms with Crippen LogP contribution in [0.2, 0.25) is 0 Å².